The number of nitrogens with zero attached hydrogens (tertiary/aromatic N) is 1. The summed E-state index contributed by atoms with van der Waals surface area (Å²) >= 11 is 0. The molecule has 0 fully saturated rings. The van der Waals surface area contributed by atoms with Crippen molar-refractivity contribution in [1.29, 1.82) is 0 Å². The molecule has 0 saturated carbocycles. The fourth-order valence-corrected chi connectivity index (χ4v) is 2.91. The molecule has 0 aliphatic carbocycles. The van der Waals surface area contributed by atoms with Gasteiger partial charge in [-0.25, -0.2) is 4.99 Å². The molecule has 30 heavy (non-hydrogen) atoms. The van der Waals surface area contributed by atoms with Gasteiger partial charge in [0, 0.05) is 31.8 Å². The molecule has 162 valence electrons. The van der Waals surface area contributed by atoms with Crippen LogP contribution >= 0.6 is 0 Å². The molecule has 0 unspecified atom stereocenters. The number of rotatable bonds is 9. The second-order valence-corrected chi connectivity index (χ2v) is 6.49. The summed E-state index contributed by atoms with van der Waals surface area (Å²) in [5.74, 6) is 1.46. The highest BCUT2D eigenvalue weighted by molar-refractivity contribution is 5.79. The van der Waals surface area contributed by atoms with E-state index in [0.29, 0.717) is 42.7 Å². The number of halogens is 2. The van der Waals surface area contributed by atoms with Crippen molar-refractivity contribution < 1.29 is 27.7 Å². The molecule has 0 bridgehead atoms. The maximum atomic E-state index is 12.8. The molecule has 2 aromatic carbocycles. The standard InChI is InChI=1S/C21H25F2N3O4/c1-3-24-21(25-10-14-4-6-15(7-5-14)12-27-2)26-11-16-8-18-19(29-13-28-18)9-17(16)30-20(22)23/h4-9,20H,3,10-13H2,1-2H3,(H2,24,25,26). The molecule has 9 heteroatoms. The number of nitrogens with one attached hydrogen (secondary N) is 2. The summed E-state index contributed by atoms with van der Waals surface area (Å²) in [4.78, 5) is 4.56. The Kier molecular flexibility index (Phi) is 7.67. The van der Waals surface area contributed by atoms with Crippen LogP contribution in [0.1, 0.15) is 23.6 Å². The van der Waals surface area contributed by atoms with Crippen LogP contribution in [-0.2, 0) is 24.4 Å². The highest BCUT2D eigenvalue weighted by Crippen LogP contribution is 2.38. The summed E-state index contributed by atoms with van der Waals surface area (Å²) in [7, 11) is 1.66. The van der Waals surface area contributed by atoms with Gasteiger partial charge in [0.2, 0.25) is 6.79 Å². The lowest BCUT2D eigenvalue weighted by Gasteiger charge is -2.15. The number of benzene rings is 2. The minimum Gasteiger partial charge on any atom is -0.454 e. The van der Waals surface area contributed by atoms with Gasteiger partial charge in [0.25, 0.3) is 0 Å². The molecule has 0 radical (unpaired) electrons. The van der Waals surface area contributed by atoms with Gasteiger partial charge in [-0.1, -0.05) is 24.3 Å². The lowest BCUT2D eigenvalue weighted by Crippen LogP contribution is -2.36. The first kappa shape index (κ1) is 21.6. The van der Waals surface area contributed by atoms with Gasteiger partial charge in [-0.2, -0.15) is 8.78 Å². The molecule has 0 spiro atoms. The van der Waals surface area contributed by atoms with E-state index in [0.717, 1.165) is 11.1 Å². The van der Waals surface area contributed by atoms with E-state index in [4.69, 9.17) is 14.2 Å². The molecule has 1 aliphatic rings. The van der Waals surface area contributed by atoms with Crippen LogP contribution in [0.4, 0.5) is 8.78 Å². The number of hydrogen-bond acceptors (Lipinski definition) is 5. The average molecular weight is 421 g/mol. The van der Waals surface area contributed by atoms with Crippen molar-refractivity contribution in [2.75, 3.05) is 20.4 Å². The van der Waals surface area contributed by atoms with Crippen molar-refractivity contribution in [3.05, 3.63) is 53.1 Å². The summed E-state index contributed by atoms with van der Waals surface area (Å²) in [6, 6.07) is 11.0. The Bertz CT molecular complexity index is 860. The van der Waals surface area contributed by atoms with Crippen molar-refractivity contribution in [2.24, 2.45) is 4.99 Å². The van der Waals surface area contributed by atoms with Crippen molar-refractivity contribution in [1.82, 2.24) is 10.6 Å². The molecule has 0 saturated heterocycles. The van der Waals surface area contributed by atoms with E-state index in [-0.39, 0.29) is 19.1 Å². The fraction of sp³-hybridized carbons (Fsp3) is 0.381. The minimum atomic E-state index is -2.94. The largest absolute Gasteiger partial charge is 0.454 e. The first-order valence-electron chi connectivity index (χ1n) is 9.55. The molecule has 3 rings (SSSR count). The maximum Gasteiger partial charge on any atom is 0.387 e. The van der Waals surface area contributed by atoms with Gasteiger partial charge in [0.05, 0.1) is 13.2 Å². The molecular formula is C21H25F2N3O4. The summed E-state index contributed by atoms with van der Waals surface area (Å²) < 4.78 is 45.9. The number of aliphatic imine (C=N–C) groups is 1. The Balaban J connectivity index is 1.68. The Labute approximate surface area is 174 Å². The average Bonchev–Trinajstić information content (AvgIpc) is 3.18. The fourth-order valence-electron chi connectivity index (χ4n) is 2.91. The predicted octanol–water partition coefficient (Wildman–Crippen LogP) is 3.42. The molecule has 1 heterocycles. The molecule has 2 aromatic rings. The Morgan fingerprint density at radius 2 is 1.80 bits per heavy atom. The van der Waals surface area contributed by atoms with Gasteiger partial charge in [-0.05, 0) is 24.1 Å². The number of alkyl halides is 2. The third kappa shape index (κ3) is 5.96. The van der Waals surface area contributed by atoms with Crippen LogP contribution in [0.3, 0.4) is 0 Å². The SMILES string of the molecule is CCNC(=NCc1ccc(COC)cc1)NCc1cc2c(cc1OC(F)F)OCO2. The molecule has 2 N–H and O–H groups in total. The van der Waals surface area contributed by atoms with E-state index in [1.165, 1.54) is 6.07 Å². The first-order valence-corrected chi connectivity index (χ1v) is 9.55. The van der Waals surface area contributed by atoms with Gasteiger partial charge in [-0.15, -0.1) is 0 Å². The quantitative estimate of drug-likeness (QED) is 0.478. The first-order chi connectivity index (χ1) is 14.6. The van der Waals surface area contributed by atoms with Crippen LogP contribution in [-0.4, -0.2) is 33.0 Å². The number of hydrogen-bond donors (Lipinski definition) is 2. The van der Waals surface area contributed by atoms with Crippen LogP contribution in [0.5, 0.6) is 17.2 Å². The third-order valence-electron chi connectivity index (χ3n) is 4.32. The molecule has 0 amide bonds. The summed E-state index contributed by atoms with van der Waals surface area (Å²) in [5, 5.41) is 6.28. The van der Waals surface area contributed by atoms with E-state index in [2.05, 4.69) is 20.4 Å². The van der Waals surface area contributed by atoms with Gasteiger partial charge in [0.15, 0.2) is 17.5 Å². The van der Waals surface area contributed by atoms with Crippen LogP contribution in [0.2, 0.25) is 0 Å². The van der Waals surface area contributed by atoms with Crippen molar-refractivity contribution >= 4 is 5.96 Å². The predicted molar refractivity (Wildman–Crippen MR) is 108 cm³/mol. The normalized spacial score (nSPS) is 12.9. The van der Waals surface area contributed by atoms with Crippen LogP contribution in [0, 0.1) is 0 Å². The zero-order valence-corrected chi connectivity index (χ0v) is 16.9. The number of fused-ring (bicyclic) bond motifs is 1. The van der Waals surface area contributed by atoms with Gasteiger partial charge in [0.1, 0.15) is 5.75 Å². The minimum absolute atomic E-state index is 0.0336. The second-order valence-electron chi connectivity index (χ2n) is 6.49. The van der Waals surface area contributed by atoms with Gasteiger partial charge < -0.3 is 29.6 Å². The zero-order valence-electron chi connectivity index (χ0n) is 16.9. The third-order valence-corrected chi connectivity index (χ3v) is 4.32. The lowest BCUT2D eigenvalue weighted by atomic mass is 10.1. The van der Waals surface area contributed by atoms with E-state index in [9.17, 15) is 8.78 Å². The zero-order chi connectivity index (χ0) is 21.3. The highest BCUT2D eigenvalue weighted by atomic mass is 19.3. The Morgan fingerprint density at radius 1 is 1.10 bits per heavy atom. The molecule has 0 aromatic heterocycles. The van der Waals surface area contributed by atoms with E-state index in [1.54, 1.807) is 13.2 Å². The van der Waals surface area contributed by atoms with Crippen molar-refractivity contribution in [3.8, 4) is 17.2 Å². The number of ether oxygens (including phenoxy) is 4. The van der Waals surface area contributed by atoms with Crippen molar-refractivity contribution in [2.45, 2.75) is 33.2 Å². The Hall–Kier alpha value is -3.07. The maximum absolute atomic E-state index is 12.8. The van der Waals surface area contributed by atoms with Crippen LogP contribution in [0.25, 0.3) is 0 Å². The monoisotopic (exact) mass is 421 g/mol. The smallest absolute Gasteiger partial charge is 0.387 e. The van der Waals surface area contributed by atoms with Gasteiger partial charge >= 0.3 is 6.61 Å². The highest BCUT2D eigenvalue weighted by Gasteiger charge is 2.20. The number of guanidine groups is 1. The lowest BCUT2D eigenvalue weighted by molar-refractivity contribution is -0.0505. The topological polar surface area (TPSA) is 73.3 Å². The molecule has 1 aliphatic heterocycles. The van der Waals surface area contributed by atoms with Gasteiger partial charge in [-0.3, -0.25) is 0 Å². The summed E-state index contributed by atoms with van der Waals surface area (Å²) in [6.07, 6.45) is 0. The summed E-state index contributed by atoms with van der Waals surface area (Å²) in [5.41, 5.74) is 2.63. The van der Waals surface area contributed by atoms with Crippen LogP contribution < -0.4 is 24.8 Å². The van der Waals surface area contributed by atoms with Crippen molar-refractivity contribution in [3.63, 3.8) is 0 Å². The summed E-state index contributed by atoms with van der Waals surface area (Å²) in [6.45, 7) is 0.955. The van der Waals surface area contributed by atoms with Crippen LogP contribution in [0.15, 0.2) is 41.4 Å². The Morgan fingerprint density at radius 3 is 2.47 bits per heavy atom. The van der Waals surface area contributed by atoms with E-state index >= 15 is 0 Å². The second kappa shape index (κ2) is 10.6. The molecular weight excluding hydrogens is 396 g/mol. The molecule has 7 nitrogen and oxygen atoms in total. The molecule has 0 atom stereocenters. The van der Waals surface area contributed by atoms with E-state index < -0.39 is 6.61 Å². The number of methoxy groups -OCH3 is 1. The van der Waals surface area contributed by atoms with E-state index in [1.807, 2.05) is 31.2 Å².